The van der Waals surface area contributed by atoms with Gasteiger partial charge in [0, 0.05) is 12.6 Å². The van der Waals surface area contributed by atoms with Crippen LogP contribution < -0.4 is 14.8 Å². The number of sulfone groups is 1. The van der Waals surface area contributed by atoms with Gasteiger partial charge < -0.3 is 28.5 Å². The predicted octanol–water partition coefficient (Wildman–Crippen LogP) is 2.90. The Morgan fingerprint density at radius 2 is 1.93 bits per heavy atom. The van der Waals surface area contributed by atoms with Gasteiger partial charge in [0.15, 0.2) is 17.3 Å². The van der Waals surface area contributed by atoms with Crippen molar-refractivity contribution in [2.45, 2.75) is 16.3 Å². The van der Waals surface area contributed by atoms with Gasteiger partial charge in [-0.15, -0.1) is 0 Å². The number of ether oxygens (including phenoxy) is 2. The number of hydrogen-bond acceptors (Lipinski definition) is 9. The minimum atomic E-state index is -3.98. The Kier molecular flexibility index (Phi) is 5.69. The first-order valence-electron chi connectivity index (χ1n) is 9.53. The second-order valence-electron chi connectivity index (χ2n) is 7.02. The van der Waals surface area contributed by atoms with E-state index in [2.05, 4.69) is 10.3 Å². The molecular formula is C20H23N3O6S. The van der Waals surface area contributed by atoms with Crippen molar-refractivity contribution in [1.82, 2.24) is 9.88 Å². The van der Waals surface area contributed by atoms with Gasteiger partial charge in [0.1, 0.15) is 13.2 Å². The summed E-state index contributed by atoms with van der Waals surface area (Å²) in [5, 5.41) is 2.86. The highest BCUT2D eigenvalue weighted by atomic mass is 32.2. The van der Waals surface area contributed by atoms with Gasteiger partial charge in [0.05, 0.1) is 11.2 Å². The zero-order valence-electron chi connectivity index (χ0n) is 16.8. The van der Waals surface area contributed by atoms with Crippen LogP contribution in [0.3, 0.4) is 0 Å². The average molecular weight is 433 g/mol. The Morgan fingerprint density at radius 1 is 1.13 bits per heavy atom. The summed E-state index contributed by atoms with van der Waals surface area (Å²) in [6.07, 6.45) is 2.27. The molecule has 10 heteroatoms. The Bertz CT molecular complexity index is 1110. The minimum absolute atomic E-state index is 0.0439. The molecule has 1 aliphatic heterocycles. The van der Waals surface area contributed by atoms with Gasteiger partial charge in [-0.2, -0.15) is 4.98 Å². The normalized spacial score (nSPS) is 13.6. The highest BCUT2D eigenvalue weighted by Gasteiger charge is 2.30. The average Bonchev–Trinajstić information content (AvgIpc) is 3.41. The Morgan fingerprint density at radius 3 is 2.67 bits per heavy atom. The topological polar surface area (TPSA) is 107 Å². The number of benzene rings is 1. The maximum Gasteiger partial charge on any atom is 0.266 e. The molecule has 0 bridgehead atoms. The second-order valence-corrected chi connectivity index (χ2v) is 8.89. The van der Waals surface area contributed by atoms with E-state index in [0.29, 0.717) is 37.0 Å². The van der Waals surface area contributed by atoms with E-state index in [9.17, 15) is 8.42 Å². The Hall–Kier alpha value is -2.98. The molecule has 0 fully saturated rings. The van der Waals surface area contributed by atoms with Crippen LogP contribution in [-0.4, -0.2) is 58.7 Å². The van der Waals surface area contributed by atoms with Crippen molar-refractivity contribution in [3.05, 3.63) is 36.6 Å². The van der Waals surface area contributed by atoms with Crippen LogP contribution in [0.25, 0.3) is 11.7 Å². The molecule has 160 valence electrons. The fraction of sp³-hybridized carbons (Fsp3) is 0.350. The number of nitrogens with zero attached hydrogens (tertiary/aromatic N) is 2. The van der Waals surface area contributed by atoms with Crippen LogP contribution in [0.1, 0.15) is 6.42 Å². The number of furan rings is 1. The molecule has 0 spiro atoms. The van der Waals surface area contributed by atoms with E-state index in [1.165, 1.54) is 18.4 Å². The van der Waals surface area contributed by atoms with Crippen molar-refractivity contribution >= 4 is 15.7 Å². The minimum Gasteiger partial charge on any atom is -0.486 e. The van der Waals surface area contributed by atoms with Crippen molar-refractivity contribution < 1.29 is 26.7 Å². The SMILES string of the molecule is CN(C)CCCNc1oc(-c2ccco2)nc1S(=O)(=O)c1ccc2c(c1)OCCO2. The lowest BCUT2D eigenvalue weighted by Gasteiger charge is -2.18. The number of oxazole rings is 1. The maximum absolute atomic E-state index is 13.4. The molecule has 9 nitrogen and oxygen atoms in total. The molecule has 4 rings (SSSR count). The van der Waals surface area contributed by atoms with E-state index in [0.717, 1.165) is 13.0 Å². The van der Waals surface area contributed by atoms with Gasteiger partial charge in [-0.3, -0.25) is 0 Å². The lowest BCUT2D eigenvalue weighted by Crippen LogP contribution is -2.17. The molecule has 0 amide bonds. The van der Waals surface area contributed by atoms with E-state index in [-0.39, 0.29) is 21.7 Å². The molecule has 0 saturated heterocycles. The van der Waals surface area contributed by atoms with Gasteiger partial charge in [0.2, 0.25) is 20.7 Å². The number of aromatic nitrogens is 1. The summed E-state index contributed by atoms with van der Waals surface area (Å²) in [4.78, 5) is 6.32. The van der Waals surface area contributed by atoms with Crippen molar-refractivity contribution in [1.29, 1.82) is 0 Å². The molecule has 1 aromatic carbocycles. The molecule has 3 heterocycles. The molecule has 3 aromatic rings. The fourth-order valence-corrected chi connectivity index (χ4v) is 4.30. The summed E-state index contributed by atoms with van der Waals surface area (Å²) in [5.74, 6) is 1.41. The molecule has 2 aromatic heterocycles. The lowest BCUT2D eigenvalue weighted by molar-refractivity contribution is 0.171. The predicted molar refractivity (Wildman–Crippen MR) is 109 cm³/mol. The Labute approximate surface area is 174 Å². The molecule has 1 N–H and O–H groups in total. The van der Waals surface area contributed by atoms with Gasteiger partial charge in [-0.1, -0.05) is 0 Å². The summed E-state index contributed by atoms with van der Waals surface area (Å²) in [5.41, 5.74) is 0. The van der Waals surface area contributed by atoms with Crippen LogP contribution in [0, 0.1) is 0 Å². The fourth-order valence-electron chi connectivity index (χ4n) is 3.01. The molecule has 30 heavy (non-hydrogen) atoms. The second kappa shape index (κ2) is 8.41. The zero-order valence-corrected chi connectivity index (χ0v) is 17.6. The van der Waals surface area contributed by atoms with E-state index >= 15 is 0 Å². The van der Waals surface area contributed by atoms with Crippen LogP contribution in [0.5, 0.6) is 11.5 Å². The number of hydrogen-bond donors (Lipinski definition) is 1. The number of fused-ring (bicyclic) bond motifs is 1. The molecular weight excluding hydrogens is 410 g/mol. The van der Waals surface area contributed by atoms with Gasteiger partial charge in [0.25, 0.3) is 5.89 Å². The number of rotatable bonds is 8. The molecule has 0 radical (unpaired) electrons. The third-order valence-electron chi connectivity index (χ3n) is 4.47. The smallest absolute Gasteiger partial charge is 0.266 e. The summed E-state index contributed by atoms with van der Waals surface area (Å²) in [6.45, 7) is 2.16. The van der Waals surface area contributed by atoms with Crippen molar-refractivity contribution in [3.63, 3.8) is 0 Å². The summed E-state index contributed by atoms with van der Waals surface area (Å²) < 4.78 is 48.8. The summed E-state index contributed by atoms with van der Waals surface area (Å²) in [6, 6.07) is 7.83. The zero-order chi connectivity index (χ0) is 21.1. The highest BCUT2D eigenvalue weighted by molar-refractivity contribution is 7.91. The Balaban J connectivity index is 1.68. The van der Waals surface area contributed by atoms with Crippen LogP contribution in [0.4, 0.5) is 5.88 Å². The lowest BCUT2D eigenvalue weighted by atomic mass is 10.3. The van der Waals surface area contributed by atoms with Gasteiger partial charge in [-0.25, -0.2) is 8.42 Å². The standard InChI is InChI=1S/C20H23N3O6S/c1-23(2)9-4-8-21-19-20(22-18(29-19)16-5-3-10-26-16)30(24,25)14-6-7-15-17(13-14)28-12-11-27-15/h3,5-7,10,13,21H,4,8-9,11-12H2,1-2H3. The van der Waals surface area contributed by atoms with E-state index < -0.39 is 9.84 Å². The first-order valence-corrected chi connectivity index (χ1v) is 11.0. The van der Waals surface area contributed by atoms with Crippen LogP contribution in [0.15, 0.2) is 55.4 Å². The monoisotopic (exact) mass is 433 g/mol. The molecule has 0 aliphatic carbocycles. The van der Waals surface area contributed by atoms with E-state index in [1.54, 1.807) is 18.2 Å². The number of nitrogens with one attached hydrogen (secondary N) is 1. The first-order chi connectivity index (χ1) is 14.4. The van der Waals surface area contributed by atoms with Crippen LogP contribution in [0.2, 0.25) is 0 Å². The molecule has 0 unspecified atom stereocenters. The van der Waals surface area contributed by atoms with E-state index in [1.807, 2.05) is 19.0 Å². The molecule has 0 atom stereocenters. The highest BCUT2D eigenvalue weighted by Crippen LogP contribution is 2.37. The van der Waals surface area contributed by atoms with Crippen molar-refractivity contribution in [2.24, 2.45) is 0 Å². The molecule has 0 saturated carbocycles. The third-order valence-corrected chi connectivity index (χ3v) is 6.13. The van der Waals surface area contributed by atoms with E-state index in [4.69, 9.17) is 18.3 Å². The van der Waals surface area contributed by atoms with Crippen LogP contribution >= 0.6 is 0 Å². The first kappa shape index (κ1) is 20.3. The van der Waals surface area contributed by atoms with Crippen molar-refractivity contribution in [3.8, 4) is 23.1 Å². The summed E-state index contributed by atoms with van der Waals surface area (Å²) >= 11 is 0. The third kappa shape index (κ3) is 4.14. The number of anilines is 1. The summed E-state index contributed by atoms with van der Waals surface area (Å²) in [7, 11) is -0.0349. The molecule has 1 aliphatic rings. The van der Waals surface area contributed by atoms with Crippen molar-refractivity contribution in [2.75, 3.05) is 45.7 Å². The quantitative estimate of drug-likeness (QED) is 0.537. The maximum atomic E-state index is 13.4. The van der Waals surface area contributed by atoms with Gasteiger partial charge >= 0.3 is 0 Å². The largest absolute Gasteiger partial charge is 0.486 e. The van der Waals surface area contributed by atoms with Gasteiger partial charge in [-0.05, 0) is 51.3 Å². The van der Waals surface area contributed by atoms with Crippen LogP contribution in [-0.2, 0) is 9.84 Å².